The Kier molecular flexibility index (Phi) is 3.73. The minimum Gasteiger partial charge on any atom is -0.0924 e. The van der Waals surface area contributed by atoms with Crippen LogP contribution in [0.2, 0.25) is 0 Å². The zero-order valence-corrected chi connectivity index (χ0v) is 8.49. The van der Waals surface area contributed by atoms with Crippen molar-refractivity contribution in [2.75, 3.05) is 5.33 Å². The molecule has 0 spiro atoms. The smallest absolute Gasteiger partial charge is 0.00861 e. The molecule has 0 atom stereocenters. The molecule has 0 bridgehead atoms. The number of thiocarbonyl (C=S) groups is 1. The molecule has 0 aromatic heterocycles. The van der Waals surface area contributed by atoms with Crippen molar-refractivity contribution in [2.45, 2.75) is 6.42 Å². The number of hydrogen-bond donors (Lipinski definition) is 0. The van der Waals surface area contributed by atoms with E-state index in [2.05, 4.69) is 28.1 Å². The Morgan fingerprint density at radius 3 is 2.36 bits per heavy atom. The van der Waals surface area contributed by atoms with Crippen molar-refractivity contribution in [3.63, 3.8) is 0 Å². The summed E-state index contributed by atoms with van der Waals surface area (Å²) in [6.45, 7) is 0. The van der Waals surface area contributed by atoms with Gasteiger partial charge in [-0.3, -0.25) is 0 Å². The summed E-state index contributed by atoms with van der Waals surface area (Å²) in [5, 5.41) is 2.71. The number of aryl methyl sites for hydroxylation is 1. The third kappa shape index (κ3) is 2.72. The molecule has 0 N–H and O–H groups in total. The van der Waals surface area contributed by atoms with Crippen molar-refractivity contribution in [1.29, 1.82) is 0 Å². The van der Waals surface area contributed by atoms with E-state index in [1.54, 1.807) is 5.37 Å². The second-order valence-electron chi connectivity index (χ2n) is 2.30. The lowest BCUT2D eigenvalue weighted by Gasteiger charge is -1.96. The van der Waals surface area contributed by atoms with E-state index >= 15 is 0 Å². The van der Waals surface area contributed by atoms with E-state index < -0.39 is 0 Å². The van der Waals surface area contributed by atoms with E-state index in [4.69, 9.17) is 12.2 Å². The third-order valence-corrected chi connectivity index (χ3v) is 2.17. The van der Waals surface area contributed by atoms with E-state index in [-0.39, 0.29) is 0 Å². The molecule has 1 rings (SSSR count). The molecule has 0 fully saturated rings. The van der Waals surface area contributed by atoms with Gasteiger partial charge in [-0.1, -0.05) is 52.4 Å². The van der Waals surface area contributed by atoms with Gasteiger partial charge in [-0.15, -0.1) is 0 Å². The highest BCUT2D eigenvalue weighted by molar-refractivity contribution is 9.09. The largest absolute Gasteiger partial charge is 0.0924 e. The van der Waals surface area contributed by atoms with Crippen molar-refractivity contribution in [2.24, 2.45) is 0 Å². The lowest BCUT2D eigenvalue weighted by molar-refractivity contribution is 1.17. The maximum Gasteiger partial charge on any atom is 0.00861 e. The van der Waals surface area contributed by atoms with Gasteiger partial charge < -0.3 is 0 Å². The summed E-state index contributed by atoms with van der Waals surface area (Å²) >= 11 is 8.19. The van der Waals surface area contributed by atoms with Crippen LogP contribution in [0.15, 0.2) is 24.3 Å². The van der Waals surface area contributed by atoms with Crippen molar-refractivity contribution >= 4 is 33.5 Å². The third-order valence-electron chi connectivity index (χ3n) is 1.50. The minimum absolute atomic E-state index is 1.02. The van der Waals surface area contributed by atoms with Gasteiger partial charge in [0.05, 0.1) is 0 Å². The molecule has 0 radical (unpaired) electrons. The van der Waals surface area contributed by atoms with Gasteiger partial charge >= 0.3 is 0 Å². The van der Waals surface area contributed by atoms with Crippen LogP contribution in [0.4, 0.5) is 0 Å². The lowest BCUT2D eigenvalue weighted by atomic mass is 10.1. The molecular weight excluding hydrogens is 220 g/mol. The molecule has 1 aromatic rings. The van der Waals surface area contributed by atoms with Crippen LogP contribution >= 0.6 is 28.1 Å². The molecule has 0 heterocycles. The molecule has 0 aliphatic rings. The Morgan fingerprint density at radius 2 is 1.91 bits per heavy atom. The van der Waals surface area contributed by atoms with Crippen LogP contribution in [0.5, 0.6) is 0 Å². The average molecular weight is 229 g/mol. The van der Waals surface area contributed by atoms with Crippen molar-refractivity contribution in [1.82, 2.24) is 0 Å². The van der Waals surface area contributed by atoms with Gasteiger partial charge in [-0.25, -0.2) is 0 Å². The van der Waals surface area contributed by atoms with E-state index in [1.165, 1.54) is 5.56 Å². The zero-order chi connectivity index (χ0) is 8.10. The SMILES string of the molecule is S=Cc1ccc(CCBr)cc1. The Hall–Kier alpha value is -0.210. The number of benzene rings is 1. The summed E-state index contributed by atoms with van der Waals surface area (Å²) in [5.41, 5.74) is 2.46. The van der Waals surface area contributed by atoms with Gasteiger partial charge in [0.25, 0.3) is 0 Å². The molecule has 0 nitrogen and oxygen atoms in total. The zero-order valence-electron chi connectivity index (χ0n) is 6.09. The predicted molar refractivity (Wildman–Crippen MR) is 56.7 cm³/mol. The molecule has 0 aliphatic carbocycles. The standard InChI is InChI=1S/C9H9BrS/c10-6-5-8-1-3-9(7-11)4-2-8/h1-4,7H,5-6H2. The van der Waals surface area contributed by atoms with E-state index in [1.807, 2.05) is 12.1 Å². The fourth-order valence-electron chi connectivity index (χ4n) is 0.872. The molecule has 0 amide bonds. The fraction of sp³-hybridized carbons (Fsp3) is 0.222. The van der Waals surface area contributed by atoms with Gasteiger partial charge in [0.2, 0.25) is 0 Å². The first-order valence-electron chi connectivity index (χ1n) is 3.47. The summed E-state index contributed by atoms with van der Waals surface area (Å²) in [5.74, 6) is 0. The minimum atomic E-state index is 1.02. The average Bonchev–Trinajstić information content (AvgIpc) is 2.07. The first-order chi connectivity index (χ1) is 5.36. The van der Waals surface area contributed by atoms with Gasteiger partial charge in [-0.05, 0) is 17.5 Å². The first kappa shape index (κ1) is 8.88. The highest BCUT2D eigenvalue weighted by atomic mass is 79.9. The summed E-state index contributed by atoms with van der Waals surface area (Å²) < 4.78 is 0. The molecule has 0 saturated heterocycles. The Morgan fingerprint density at radius 1 is 1.27 bits per heavy atom. The maximum absolute atomic E-state index is 4.79. The summed E-state index contributed by atoms with van der Waals surface area (Å²) in [6.07, 6.45) is 1.08. The molecule has 2 heteroatoms. The quantitative estimate of drug-likeness (QED) is 0.567. The van der Waals surface area contributed by atoms with Gasteiger partial charge in [0, 0.05) is 10.7 Å². The molecule has 1 aromatic carbocycles. The van der Waals surface area contributed by atoms with E-state index in [0.29, 0.717) is 0 Å². The van der Waals surface area contributed by atoms with Crippen LogP contribution in [0.3, 0.4) is 0 Å². The highest BCUT2D eigenvalue weighted by Crippen LogP contribution is 2.04. The van der Waals surface area contributed by atoms with Crippen LogP contribution in [-0.2, 0) is 6.42 Å². The molecule has 0 saturated carbocycles. The summed E-state index contributed by atoms with van der Waals surface area (Å²) in [6, 6.07) is 8.31. The molecule has 11 heavy (non-hydrogen) atoms. The topological polar surface area (TPSA) is 0 Å². The Balaban J connectivity index is 2.74. The normalized spacial score (nSPS) is 9.55. The number of hydrogen-bond acceptors (Lipinski definition) is 1. The van der Waals surface area contributed by atoms with Crippen molar-refractivity contribution in [3.05, 3.63) is 35.4 Å². The predicted octanol–water partition coefficient (Wildman–Crippen LogP) is 2.97. The van der Waals surface area contributed by atoms with E-state index in [0.717, 1.165) is 17.3 Å². The van der Waals surface area contributed by atoms with Crippen LogP contribution < -0.4 is 0 Å². The van der Waals surface area contributed by atoms with Gasteiger partial charge in [0.1, 0.15) is 0 Å². The van der Waals surface area contributed by atoms with Crippen LogP contribution in [0, 0.1) is 0 Å². The fourth-order valence-corrected chi connectivity index (χ4v) is 1.49. The number of rotatable bonds is 3. The molecular formula is C9H9BrS. The lowest BCUT2D eigenvalue weighted by Crippen LogP contribution is -1.85. The molecule has 58 valence electrons. The molecule has 0 unspecified atom stereocenters. The maximum atomic E-state index is 4.79. The summed E-state index contributed by atoms with van der Waals surface area (Å²) in [4.78, 5) is 0. The Bertz CT molecular complexity index is 228. The second kappa shape index (κ2) is 4.62. The monoisotopic (exact) mass is 228 g/mol. The van der Waals surface area contributed by atoms with Crippen LogP contribution in [-0.4, -0.2) is 10.7 Å². The first-order valence-corrected chi connectivity index (χ1v) is 5.06. The second-order valence-corrected chi connectivity index (χ2v) is 3.33. The van der Waals surface area contributed by atoms with E-state index in [9.17, 15) is 0 Å². The Labute approximate surface area is 80.8 Å². The van der Waals surface area contributed by atoms with Gasteiger partial charge in [0.15, 0.2) is 0 Å². The number of alkyl halides is 1. The highest BCUT2D eigenvalue weighted by Gasteiger charge is 1.90. The van der Waals surface area contributed by atoms with Crippen molar-refractivity contribution < 1.29 is 0 Å². The van der Waals surface area contributed by atoms with Crippen molar-refractivity contribution in [3.8, 4) is 0 Å². The van der Waals surface area contributed by atoms with Crippen LogP contribution in [0.25, 0.3) is 0 Å². The summed E-state index contributed by atoms with van der Waals surface area (Å²) in [7, 11) is 0. The van der Waals surface area contributed by atoms with Crippen LogP contribution in [0.1, 0.15) is 11.1 Å². The van der Waals surface area contributed by atoms with Gasteiger partial charge in [-0.2, -0.15) is 0 Å². The number of halogens is 1. The molecule has 0 aliphatic heterocycles.